The fourth-order valence-corrected chi connectivity index (χ4v) is 2.40. The Morgan fingerprint density at radius 1 is 0.609 bits per heavy atom. The largest absolute Gasteiger partial charge is 0.497 e. The van der Waals surface area contributed by atoms with Crippen LogP contribution in [-0.4, -0.2) is 7.11 Å². The molecule has 0 bridgehead atoms. The van der Waals surface area contributed by atoms with Gasteiger partial charge in [0.25, 0.3) is 0 Å². The Bertz CT molecular complexity index is 741. The van der Waals surface area contributed by atoms with E-state index in [1.54, 1.807) is 7.11 Å². The summed E-state index contributed by atoms with van der Waals surface area (Å²) < 4.78 is 11.0. The molecule has 2 nitrogen and oxygen atoms in total. The maximum absolute atomic E-state index is 5.84. The van der Waals surface area contributed by atoms with Crippen molar-refractivity contribution in [1.82, 2.24) is 0 Å². The molecule has 3 rings (SSSR count). The van der Waals surface area contributed by atoms with Crippen molar-refractivity contribution >= 4 is 0 Å². The molecular formula is C21H20O2. The highest BCUT2D eigenvalue weighted by Gasteiger charge is 2.00. The Labute approximate surface area is 137 Å². The van der Waals surface area contributed by atoms with E-state index in [2.05, 4.69) is 43.3 Å². The minimum absolute atomic E-state index is 0.803. The first-order valence-corrected chi connectivity index (χ1v) is 7.69. The maximum atomic E-state index is 5.84. The van der Waals surface area contributed by atoms with Crippen LogP contribution in [0.15, 0.2) is 72.8 Å². The summed E-state index contributed by atoms with van der Waals surface area (Å²) in [6.45, 7) is 2.11. The summed E-state index contributed by atoms with van der Waals surface area (Å²) in [5.74, 6) is 2.46. The quantitative estimate of drug-likeness (QED) is 0.629. The lowest BCUT2D eigenvalue weighted by Crippen LogP contribution is -1.89. The third-order valence-corrected chi connectivity index (χ3v) is 3.75. The van der Waals surface area contributed by atoms with Crippen LogP contribution in [0.3, 0.4) is 0 Å². The fourth-order valence-electron chi connectivity index (χ4n) is 2.40. The van der Waals surface area contributed by atoms with Crippen molar-refractivity contribution in [1.29, 1.82) is 0 Å². The molecule has 23 heavy (non-hydrogen) atoms. The number of ether oxygens (including phenoxy) is 2. The molecule has 0 amide bonds. The smallest absolute Gasteiger partial charge is 0.127 e. The summed E-state index contributed by atoms with van der Waals surface area (Å²) in [5.41, 5.74) is 3.88. The molecule has 2 heteroatoms. The molecule has 0 aliphatic rings. The molecule has 3 aromatic rings. The van der Waals surface area contributed by atoms with E-state index >= 15 is 0 Å². The number of rotatable bonds is 5. The molecule has 0 aliphatic heterocycles. The molecule has 0 radical (unpaired) electrons. The molecule has 0 aliphatic carbocycles. The van der Waals surface area contributed by atoms with Gasteiger partial charge in [0.15, 0.2) is 0 Å². The molecule has 0 atom stereocenters. The van der Waals surface area contributed by atoms with Gasteiger partial charge in [-0.15, -0.1) is 0 Å². The second-order valence-electron chi connectivity index (χ2n) is 5.58. The Morgan fingerprint density at radius 3 is 1.57 bits per heavy atom. The van der Waals surface area contributed by atoms with Crippen LogP contribution in [0.4, 0.5) is 0 Å². The first kappa shape index (κ1) is 15.2. The van der Waals surface area contributed by atoms with Gasteiger partial charge < -0.3 is 9.47 Å². The highest BCUT2D eigenvalue weighted by molar-refractivity contribution is 5.37. The highest BCUT2D eigenvalue weighted by atomic mass is 16.5. The second kappa shape index (κ2) is 7.01. The Morgan fingerprint density at radius 2 is 1.04 bits per heavy atom. The first-order chi connectivity index (χ1) is 11.2. The van der Waals surface area contributed by atoms with Crippen LogP contribution in [0.5, 0.6) is 17.2 Å². The third kappa shape index (κ3) is 4.13. The zero-order chi connectivity index (χ0) is 16.1. The van der Waals surface area contributed by atoms with Gasteiger partial charge in [-0.05, 0) is 60.9 Å². The van der Waals surface area contributed by atoms with E-state index in [0.717, 1.165) is 23.7 Å². The average Bonchev–Trinajstić information content (AvgIpc) is 2.59. The molecular weight excluding hydrogens is 284 g/mol. The van der Waals surface area contributed by atoms with E-state index in [4.69, 9.17) is 9.47 Å². The van der Waals surface area contributed by atoms with E-state index in [9.17, 15) is 0 Å². The standard InChI is InChI=1S/C21H20O2/c1-16-3-5-17(6-4-16)15-18-7-9-20(10-8-18)23-21-13-11-19(22-2)12-14-21/h3-14H,15H2,1-2H3. The van der Waals surface area contributed by atoms with Crippen LogP contribution in [0, 0.1) is 6.92 Å². The monoisotopic (exact) mass is 304 g/mol. The van der Waals surface area contributed by atoms with Gasteiger partial charge in [-0.2, -0.15) is 0 Å². The van der Waals surface area contributed by atoms with Gasteiger partial charge in [-0.25, -0.2) is 0 Å². The van der Waals surface area contributed by atoms with Crippen molar-refractivity contribution < 1.29 is 9.47 Å². The van der Waals surface area contributed by atoms with Crippen molar-refractivity contribution in [2.45, 2.75) is 13.3 Å². The molecule has 116 valence electrons. The lowest BCUT2D eigenvalue weighted by molar-refractivity contribution is 0.413. The number of hydrogen-bond donors (Lipinski definition) is 0. The summed E-state index contributed by atoms with van der Waals surface area (Å²) in [6, 6.07) is 24.5. The Balaban J connectivity index is 1.65. The van der Waals surface area contributed by atoms with E-state index in [0.29, 0.717) is 0 Å². The van der Waals surface area contributed by atoms with Crippen LogP contribution in [0.2, 0.25) is 0 Å². The molecule has 0 heterocycles. The summed E-state index contributed by atoms with van der Waals surface area (Å²) in [5, 5.41) is 0. The van der Waals surface area contributed by atoms with E-state index in [-0.39, 0.29) is 0 Å². The zero-order valence-electron chi connectivity index (χ0n) is 13.5. The summed E-state index contributed by atoms with van der Waals surface area (Å²) in [4.78, 5) is 0. The number of methoxy groups -OCH3 is 1. The SMILES string of the molecule is COc1ccc(Oc2ccc(Cc3ccc(C)cc3)cc2)cc1. The Hall–Kier alpha value is -2.74. The van der Waals surface area contributed by atoms with E-state index in [1.165, 1.54) is 16.7 Å². The van der Waals surface area contributed by atoms with Crippen molar-refractivity contribution in [3.05, 3.63) is 89.5 Å². The lowest BCUT2D eigenvalue weighted by Gasteiger charge is -2.08. The van der Waals surface area contributed by atoms with Crippen LogP contribution < -0.4 is 9.47 Å². The van der Waals surface area contributed by atoms with Crippen LogP contribution >= 0.6 is 0 Å². The van der Waals surface area contributed by atoms with E-state index < -0.39 is 0 Å². The van der Waals surface area contributed by atoms with Crippen molar-refractivity contribution in [3.8, 4) is 17.2 Å². The van der Waals surface area contributed by atoms with Gasteiger partial charge in [0, 0.05) is 0 Å². The van der Waals surface area contributed by atoms with Gasteiger partial charge in [0.2, 0.25) is 0 Å². The van der Waals surface area contributed by atoms with Crippen LogP contribution in [0.25, 0.3) is 0 Å². The van der Waals surface area contributed by atoms with Gasteiger partial charge in [-0.3, -0.25) is 0 Å². The highest BCUT2D eigenvalue weighted by Crippen LogP contribution is 2.24. The van der Waals surface area contributed by atoms with Crippen LogP contribution in [-0.2, 0) is 6.42 Å². The molecule has 3 aromatic carbocycles. The maximum Gasteiger partial charge on any atom is 0.127 e. The minimum Gasteiger partial charge on any atom is -0.497 e. The molecule has 0 aromatic heterocycles. The normalized spacial score (nSPS) is 10.3. The molecule has 0 saturated heterocycles. The summed E-state index contributed by atoms with van der Waals surface area (Å²) in [7, 11) is 1.66. The molecule has 0 N–H and O–H groups in total. The minimum atomic E-state index is 0.803. The Kier molecular flexibility index (Phi) is 4.62. The number of aryl methyl sites for hydroxylation is 1. The predicted octanol–water partition coefficient (Wildman–Crippen LogP) is 5.39. The fraction of sp³-hybridized carbons (Fsp3) is 0.143. The second-order valence-corrected chi connectivity index (χ2v) is 5.58. The van der Waals surface area contributed by atoms with Crippen molar-refractivity contribution in [2.75, 3.05) is 7.11 Å². The molecule has 0 spiro atoms. The topological polar surface area (TPSA) is 18.5 Å². The first-order valence-electron chi connectivity index (χ1n) is 7.69. The molecule has 0 saturated carbocycles. The average molecular weight is 304 g/mol. The summed E-state index contributed by atoms with van der Waals surface area (Å²) >= 11 is 0. The summed E-state index contributed by atoms with van der Waals surface area (Å²) in [6.07, 6.45) is 0.934. The lowest BCUT2D eigenvalue weighted by atomic mass is 10.0. The van der Waals surface area contributed by atoms with Crippen LogP contribution in [0.1, 0.15) is 16.7 Å². The van der Waals surface area contributed by atoms with Gasteiger partial charge in [0.1, 0.15) is 17.2 Å². The van der Waals surface area contributed by atoms with Crippen molar-refractivity contribution in [3.63, 3.8) is 0 Å². The molecule has 0 unspecified atom stereocenters. The predicted molar refractivity (Wildman–Crippen MR) is 93.5 cm³/mol. The van der Waals surface area contributed by atoms with E-state index in [1.807, 2.05) is 36.4 Å². The number of hydrogen-bond acceptors (Lipinski definition) is 2. The third-order valence-electron chi connectivity index (χ3n) is 3.75. The number of benzene rings is 3. The van der Waals surface area contributed by atoms with Gasteiger partial charge in [-0.1, -0.05) is 42.0 Å². The van der Waals surface area contributed by atoms with Gasteiger partial charge in [0.05, 0.1) is 7.11 Å². The zero-order valence-corrected chi connectivity index (χ0v) is 13.5. The van der Waals surface area contributed by atoms with Crippen molar-refractivity contribution in [2.24, 2.45) is 0 Å². The van der Waals surface area contributed by atoms with Gasteiger partial charge >= 0.3 is 0 Å². The molecule has 0 fully saturated rings.